The number of methoxy groups -OCH3 is 1. The molecule has 1 saturated heterocycles. The third-order valence-electron chi connectivity index (χ3n) is 6.02. The second-order valence-electron chi connectivity index (χ2n) is 8.14. The van der Waals surface area contributed by atoms with Crippen molar-refractivity contribution in [3.8, 4) is 5.75 Å². The van der Waals surface area contributed by atoms with Gasteiger partial charge in [-0.25, -0.2) is 14.0 Å². The molecule has 2 aromatic carbocycles. The van der Waals surface area contributed by atoms with Crippen molar-refractivity contribution in [1.29, 1.82) is 0 Å². The van der Waals surface area contributed by atoms with Gasteiger partial charge in [-0.05, 0) is 36.8 Å². The Hall–Kier alpha value is -3.59. The largest absolute Gasteiger partial charge is 0.497 e. The summed E-state index contributed by atoms with van der Waals surface area (Å²) in [6.45, 7) is 4.91. The molecule has 2 N–H and O–H groups in total. The molecule has 9 heteroatoms. The topological polar surface area (TPSA) is 83.1 Å². The highest BCUT2D eigenvalue weighted by molar-refractivity contribution is 5.95. The number of urea groups is 1. The SMILES string of the molecule is CCOC(=O)C1=C(CN2CCN(c3ccccc3F)CC2)NC(=O)N[C@@H]1c1cccc(OC)c1. The number of esters is 1. The van der Waals surface area contributed by atoms with E-state index in [-0.39, 0.29) is 18.5 Å². The van der Waals surface area contributed by atoms with E-state index in [1.165, 1.54) is 6.07 Å². The van der Waals surface area contributed by atoms with Gasteiger partial charge in [-0.3, -0.25) is 4.90 Å². The van der Waals surface area contributed by atoms with E-state index in [1.807, 2.05) is 23.1 Å². The van der Waals surface area contributed by atoms with Crippen LogP contribution in [-0.4, -0.2) is 63.3 Å². The molecule has 0 aromatic heterocycles. The number of anilines is 1. The van der Waals surface area contributed by atoms with Crippen molar-refractivity contribution < 1.29 is 23.5 Å². The Labute approximate surface area is 198 Å². The van der Waals surface area contributed by atoms with Crippen LogP contribution >= 0.6 is 0 Å². The van der Waals surface area contributed by atoms with Crippen LogP contribution in [0.4, 0.5) is 14.9 Å². The Bertz CT molecular complexity index is 1080. The van der Waals surface area contributed by atoms with E-state index in [4.69, 9.17) is 9.47 Å². The summed E-state index contributed by atoms with van der Waals surface area (Å²) in [6.07, 6.45) is 0. The van der Waals surface area contributed by atoms with Gasteiger partial charge in [0.25, 0.3) is 0 Å². The number of hydrogen-bond acceptors (Lipinski definition) is 6. The molecule has 0 saturated carbocycles. The number of rotatable bonds is 7. The second kappa shape index (κ2) is 10.6. The summed E-state index contributed by atoms with van der Waals surface area (Å²) in [4.78, 5) is 29.7. The molecule has 0 aliphatic carbocycles. The minimum Gasteiger partial charge on any atom is -0.497 e. The first kappa shape index (κ1) is 23.6. The van der Waals surface area contributed by atoms with E-state index in [9.17, 15) is 14.0 Å². The summed E-state index contributed by atoms with van der Waals surface area (Å²) < 4.78 is 24.8. The van der Waals surface area contributed by atoms with Crippen LogP contribution in [0, 0.1) is 5.82 Å². The zero-order valence-corrected chi connectivity index (χ0v) is 19.3. The highest BCUT2D eigenvalue weighted by Crippen LogP contribution is 2.30. The van der Waals surface area contributed by atoms with Crippen LogP contribution in [-0.2, 0) is 9.53 Å². The molecule has 2 heterocycles. The Morgan fingerprint density at radius 3 is 2.59 bits per heavy atom. The van der Waals surface area contributed by atoms with Gasteiger partial charge in [-0.15, -0.1) is 0 Å². The second-order valence-corrected chi connectivity index (χ2v) is 8.14. The fourth-order valence-corrected chi connectivity index (χ4v) is 4.34. The third kappa shape index (κ3) is 5.14. The van der Waals surface area contributed by atoms with Crippen LogP contribution in [0.25, 0.3) is 0 Å². The predicted molar refractivity (Wildman–Crippen MR) is 126 cm³/mol. The predicted octanol–water partition coefficient (Wildman–Crippen LogP) is 2.83. The van der Waals surface area contributed by atoms with Crippen LogP contribution in [0.1, 0.15) is 18.5 Å². The molecule has 4 rings (SSSR count). The van der Waals surface area contributed by atoms with Crippen LogP contribution in [0.15, 0.2) is 59.8 Å². The van der Waals surface area contributed by atoms with Crippen LogP contribution < -0.4 is 20.3 Å². The molecule has 180 valence electrons. The van der Waals surface area contributed by atoms with Crippen LogP contribution in [0.2, 0.25) is 0 Å². The number of carbonyl (C=O) groups is 2. The number of nitrogens with one attached hydrogen (secondary N) is 2. The molecular weight excluding hydrogens is 439 g/mol. The van der Waals surface area contributed by atoms with E-state index in [0.29, 0.717) is 55.4 Å². The first-order valence-corrected chi connectivity index (χ1v) is 11.3. The summed E-state index contributed by atoms with van der Waals surface area (Å²) in [5, 5.41) is 5.66. The van der Waals surface area contributed by atoms with E-state index < -0.39 is 12.0 Å². The fraction of sp³-hybridized carbons (Fsp3) is 0.360. The van der Waals surface area contributed by atoms with Crippen molar-refractivity contribution in [2.24, 2.45) is 0 Å². The van der Waals surface area contributed by atoms with Crippen molar-refractivity contribution in [3.05, 3.63) is 71.2 Å². The maximum absolute atomic E-state index is 14.2. The first-order chi connectivity index (χ1) is 16.5. The average molecular weight is 469 g/mol. The number of hydrogen-bond donors (Lipinski definition) is 2. The summed E-state index contributed by atoms with van der Waals surface area (Å²) in [5.74, 6) is -0.0999. The standard InChI is InChI=1S/C25H29FN4O4/c1-3-34-24(31)22-20(27-25(32)28-23(22)17-7-6-8-18(15-17)33-2)16-29-11-13-30(14-12-29)21-10-5-4-9-19(21)26/h4-10,15,23H,3,11-14,16H2,1-2H3,(H2,27,28,32)/t23-/m1/s1. The molecule has 1 fully saturated rings. The lowest BCUT2D eigenvalue weighted by Gasteiger charge is -2.38. The van der Waals surface area contributed by atoms with Gasteiger partial charge >= 0.3 is 12.0 Å². The summed E-state index contributed by atoms with van der Waals surface area (Å²) >= 11 is 0. The van der Waals surface area contributed by atoms with Crippen molar-refractivity contribution in [3.63, 3.8) is 0 Å². The highest BCUT2D eigenvalue weighted by Gasteiger charge is 2.35. The Morgan fingerprint density at radius 1 is 1.12 bits per heavy atom. The van der Waals surface area contributed by atoms with Gasteiger partial charge in [0.2, 0.25) is 0 Å². The Kier molecular flexibility index (Phi) is 7.32. The van der Waals surface area contributed by atoms with Gasteiger partial charge in [0.15, 0.2) is 0 Å². The van der Waals surface area contributed by atoms with Crippen molar-refractivity contribution in [2.75, 3.05) is 51.3 Å². The average Bonchev–Trinajstić information content (AvgIpc) is 2.85. The number of amides is 2. The maximum Gasteiger partial charge on any atom is 0.338 e. The molecule has 0 unspecified atom stereocenters. The lowest BCUT2D eigenvalue weighted by molar-refractivity contribution is -0.139. The summed E-state index contributed by atoms with van der Waals surface area (Å²) in [5.41, 5.74) is 2.18. The maximum atomic E-state index is 14.2. The number of halogens is 1. The van der Waals surface area contributed by atoms with Gasteiger partial charge in [0.05, 0.1) is 31.0 Å². The first-order valence-electron chi connectivity index (χ1n) is 11.3. The molecule has 2 aliphatic heterocycles. The van der Waals surface area contributed by atoms with Crippen molar-refractivity contribution >= 4 is 17.7 Å². The van der Waals surface area contributed by atoms with Gasteiger partial charge in [0.1, 0.15) is 11.6 Å². The van der Waals surface area contributed by atoms with Gasteiger partial charge in [0, 0.05) is 38.4 Å². The number of nitrogens with zero attached hydrogens (tertiary/aromatic N) is 2. The molecule has 0 spiro atoms. The zero-order valence-electron chi connectivity index (χ0n) is 19.3. The molecule has 2 aliphatic rings. The minimum atomic E-state index is -0.669. The quantitative estimate of drug-likeness (QED) is 0.608. The molecular formula is C25H29FN4O4. The number of benzene rings is 2. The van der Waals surface area contributed by atoms with Crippen molar-refractivity contribution in [1.82, 2.24) is 15.5 Å². The van der Waals surface area contributed by atoms with Gasteiger partial charge < -0.3 is 25.0 Å². The smallest absolute Gasteiger partial charge is 0.338 e. The van der Waals surface area contributed by atoms with E-state index in [2.05, 4.69) is 15.5 Å². The number of para-hydroxylation sites is 1. The number of ether oxygens (including phenoxy) is 2. The van der Waals surface area contributed by atoms with E-state index >= 15 is 0 Å². The molecule has 34 heavy (non-hydrogen) atoms. The Morgan fingerprint density at radius 2 is 1.88 bits per heavy atom. The lowest BCUT2D eigenvalue weighted by atomic mass is 9.94. The van der Waals surface area contributed by atoms with Gasteiger partial charge in [-0.2, -0.15) is 0 Å². The summed E-state index contributed by atoms with van der Waals surface area (Å²) in [6, 6.07) is 12.9. The summed E-state index contributed by atoms with van der Waals surface area (Å²) in [7, 11) is 1.56. The number of carbonyl (C=O) groups excluding carboxylic acids is 2. The van der Waals surface area contributed by atoms with Crippen LogP contribution in [0.3, 0.4) is 0 Å². The lowest BCUT2D eigenvalue weighted by Crippen LogP contribution is -2.52. The van der Waals surface area contributed by atoms with E-state index in [1.54, 1.807) is 38.3 Å². The van der Waals surface area contributed by atoms with E-state index in [0.717, 1.165) is 5.56 Å². The highest BCUT2D eigenvalue weighted by atomic mass is 19.1. The number of piperazine rings is 1. The fourth-order valence-electron chi connectivity index (χ4n) is 4.34. The van der Waals surface area contributed by atoms with Gasteiger partial charge in [-0.1, -0.05) is 24.3 Å². The van der Waals surface area contributed by atoms with Crippen molar-refractivity contribution in [2.45, 2.75) is 13.0 Å². The molecule has 0 bridgehead atoms. The van der Waals surface area contributed by atoms with Crippen LogP contribution in [0.5, 0.6) is 5.75 Å². The monoisotopic (exact) mass is 468 g/mol. The molecule has 0 radical (unpaired) electrons. The molecule has 2 aromatic rings. The molecule has 2 amide bonds. The molecule has 1 atom stereocenters. The molecule has 8 nitrogen and oxygen atoms in total. The minimum absolute atomic E-state index is 0.218. The third-order valence-corrected chi connectivity index (χ3v) is 6.02. The normalized spacial score (nSPS) is 18.9. The Balaban J connectivity index is 1.57. The zero-order chi connectivity index (χ0) is 24.1.